The van der Waals surface area contributed by atoms with Gasteiger partial charge in [0.2, 0.25) is 5.91 Å². The Hall–Kier alpha value is -0.770. The summed E-state index contributed by atoms with van der Waals surface area (Å²) < 4.78 is 25.4. The van der Waals surface area contributed by atoms with Crippen LogP contribution in [0.4, 0.5) is 0 Å². The van der Waals surface area contributed by atoms with Gasteiger partial charge in [-0.25, -0.2) is 0 Å². The Morgan fingerprint density at radius 2 is 1.67 bits per heavy atom. The Kier molecular flexibility index (Phi) is 8.54. The van der Waals surface area contributed by atoms with E-state index in [1.807, 2.05) is 4.90 Å². The lowest BCUT2D eigenvalue weighted by atomic mass is 9.41. The van der Waals surface area contributed by atoms with E-state index in [0.717, 1.165) is 45.3 Å². The highest BCUT2D eigenvalue weighted by atomic mass is 16.7. The Morgan fingerprint density at radius 3 is 2.41 bits per heavy atom. The van der Waals surface area contributed by atoms with Gasteiger partial charge < -0.3 is 34.1 Å². The molecule has 3 saturated heterocycles. The molecule has 3 heterocycles. The quantitative estimate of drug-likeness (QED) is 0.337. The van der Waals surface area contributed by atoms with Crippen molar-refractivity contribution in [3.8, 4) is 0 Å². The highest BCUT2D eigenvalue weighted by Gasteiger charge is 2.83. The Morgan fingerprint density at radius 1 is 0.959 bits per heavy atom. The van der Waals surface area contributed by atoms with E-state index in [1.165, 1.54) is 38.5 Å². The first-order chi connectivity index (χ1) is 23.1. The number of nitrogens with zero attached hydrogens (tertiary/aromatic N) is 1. The van der Waals surface area contributed by atoms with Gasteiger partial charge in [-0.05, 0) is 141 Å². The smallest absolute Gasteiger partial charge is 0.223 e. The van der Waals surface area contributed by atoms with Crippen molar-refractivity contribution in [1.29, 1.82) is 0 Å². The highest BCUT2D eigenvalue weighted by molar-refractivity contribution is 5.76. The monoisotopic (exact) mass is 685 g/mol. The number of carbonyl (C=O) groups is 1. The number of hydrogen-bond acceptors (Lipinski definition) is 7. The van der Waals surface area contributed by atoms with Crippen molar-refractivity contribution >= 4 is 5.91 Å². The molecule has 8 aliphatic rings. The zero-order valence-corrected chi connectivity index (χ0v) is 31.7. The van der Waals surface area contributed by atoms with Crippen LogP contribution in [0.1, 0.15) is 126 Å². The van der Waals surface area contributed by atoms with E-state index in [4.69, 9.17) is 18.9 Å². The summed E-state index contributed by atoms with van der Waals surface area (Å²) in [4.78, 5) is 15.3. The molecule has 8 rings (SSSR count). The van der Waals surface area contributed by atoms with Crippen molar-refractivity contribution in [2.24, 2.45) is 56.7 Å². The molecule has 0 aromatic rings. The molecule has 278 valence electrons. The van der Waals surface area contributed by atoms with Crippen molar-refractivity contribution in [3.05, 3.63) is 0 Å². The molecule has 1 amide bonds. The predicted molar refractivity (Wildman–Crippen MR) is 186 cm³/mol. The molecule has 5 unspecified atom stereocenters. The molecular weight excluding hydrogens is 618 g/mol. The largest absolute Gasteiger partial charge is 0.388 e. The van der Waals surface area contributed by atoms with E-state index >= 15 is 0 Å². The number of aliphatic hydroxyl groups excluding tert-OH is 1. The van der Waals surface area contributed by atoms with Crippen LogP contribution in [0.25, 0.3) is 0 Å². The van der Waals surface area contributed by atoms with E-state index in [0.29, 0.717) is 66.5 Å². The molecule has 0 bridgehead atoms. The summed E-state index contributed by atoms with van der Waals surface area (Å²) >= 11 is 0. The molecule has 3 aliphatic heterocycles. The third-order valence-electron chi connectivity index (χ3n) is 17.2. The van der Waals surface area contributed by atoms with Gasteiger partial charge in [0.15, 0.2) is 6.29 Å². The van der Waals surface area contributed by atoms with Gasteiger partial charge in [-0.2, -0.15) is 0 Å². The molecule has 8 fully saturated rings. The summed E-state index contributed by atoms with van der Waals surface area (Å²) in [5.41, 5.74) is 0.155. The van der Waals surface area contributed by atoms with Gasteiger partial charge in [0.05, 0.1) is 37.1 Å². The van der Waals surface area contributed by atoms with E-state index in [-0.39, 0.29) is 46.8 Å². The second-order valence-electron chi connectivity index (χ2n) is 20.1. The minimum Gasteiger partial charge on any atom is -0.388 e. The Balaban J connectivity index is 0.956. The van der Waals surface area contributed by atoms with Crippen LogP contribution >= 0.6 is 0 Å². The number of fused-ring (bicyclic) bond motifs is 4. The van der Waals surface area contributed by atoms with Crippen LogP contribution < -0.4 is 0 Å². The lowest BCUT2D eigenvalue weighted by Gasteiger charge is -2.63. The van der Waals surface area contributed by atoms with Gasteiger partial charge in [0, 0.05) is 26.2 Å². The topological polar surface area (TPSA) is 97.7 Å². The van der Waals surface area contributed by atoms with Crippen molar-refractivity contribution in [1.82, 2.24) is 4.90 Å². The number of ether oxygens (including phenoxy) is 4. The normalized spacial score (nSPS) is 49.9. The molecule has 0 aromatic carbocycles. The molecule has 2 N–H and O–H groups in total. The van der Waals surface area contributed by atoms with Crippen LogP contribution in [-0.4, -0.2) is 90.2 Å². The zero-order chi connectivity index (χ0) is 34.8. The number of amides is 1. The van der Waals surface area contributed by atoms with Crippen molar-refractivity contribution in [3.63, 3.8) is 0 Å². The molecule has 5 aliphatic carbocycles. The SMILES string of the molecule is C[C@@H]1CC([C@H](O)C(C)(C)O)OC2C[C@@]3(C)[C@@H]4CCC5C(C)(C)[C@@H](OC6CN(C(=O)CC7CCOCC7)CCO6)CC[C@@]56C[C@@]46CC[C@]3(C)C21. The van der Waals surface area contributed by atoms with Crippen molar-refractivity contribution < 1.29 is 34.0 Å². The second kappa shape index (κ2) is 11.9. The van der Waals surface area contributed by atoms with Crippen molar-refractivity contribution in [2.75, 3.05) is 32.9 Å². The van der Waals surface area contributed by atoms with Crippen molar-refractivity contribution in [2.45, 2.75) is 162 Å². The molecule has 2 spiro atoms. The van der Waals surface area contributed by atoms with Gasteiger partial charge >= 0.3 is 0 Å². The van der Waals surface area contributed by atoms with Crippen LogP contribution in [0.15, 0.2) is 0 Å². The summed E-state index contributed by atoms with van der Waals surface area (Å²) in [6, 6.07) is 0. The van der Waals surface area contributed by atoms with E-state index in [1.54, 1.807) is 13.8 Å². The maximum Gasteiger partial charge on any atom is 0.223 e. The van der Waals surface area contributed by atoms with Crippen LogP contribution in [-0.2, 0) is 23.7 Å². The summed E-state index contributed by atoms with van der Waals surface area (Å²) in [5.74, 6) is 3.00. The lowest BCUT2D eigenvalue weighted by molar-refractivity contribution is -0.246. The second-order valence-corrected chi connectivity index (χ2v) is 20.1. The molecule has 49 heavy (non-hydrogen) atoms. The van der Waals surface area contributed by atoms with Crippen LogP contribution in [0, 0.1) is 56.7 Å². The number of morpholine rings is 1. The summed E-state index contributed by atoms with van der Waals surface area (Å²) in [5, 5.41) is 21.7. The average Bonchev–Trinajstić information content (AvgIpc) is 3.65. The number of rotatable bonds is 6. The first-order valence-electron chi connectivity index (χ1n) is 20.2. The maximum atomic E-state index is 13.3. The fourth-order valence-corrected chi connectivity index (χ4v) is 14.7. The molecule has 8 heteroatoms. The first-order valence-corrected chi connectivity index (χ1v) is 20.2. The van der Waals surface area contributed by atoms with E-state index in [2.05, 4.69) is 34.6 Å². The number of hydrogen-bond donors (Lipinski definition) is 2. The summed E-state index contributed by atoms with van der Waals surface area (Å²) in [7, 11) is 0. The molecule has 13 atom stereocenters. The van der Waals surface area contributed by atoms with E-state index in [9.17, 15) is 15.0 Å². The van der Waals surface area contributed by atoms with Gasteiger partial charge in [-0.3, -0.25) is 4.79 Å². The third kappa shape index (κ3) is 5.21. The van der Waals surface area contributed by atoms with Crippen LogP contribution in [0.5, 0.6) is 0 Å². The fourth-order valence-electron chi connectivity index (χ4n) is 14.7. The maximum absolute atomic E-state index is 13.3. The van der Waals surface area contributed by atoms with Gasteiger partial charge in [0.1, 0.15) is 6.10 Å². The van der Waals surface area contributed by atoms with Crippen LogP contribution in [0.3, 0.4) is 0 Å². The lowest BCUT2D eigenvalue weighted by Crippen LogP contribution is -2.59. The zero-order valence-electron chi connectivity index (χ0n) is 31.7. The first kappa shape index (κ1) is 35.3. The Bertz CT molecular complexity index is 1280. The molecule has 0 radical (unpaired) electrons. The van der Waals surface area contributed by atoms with Gasteiger partial charge in [0.25, 0.3) is 0 Å². The van der Waals surface area contributed by atoms with E-state index < -0.39 is 11.7 Å². The fraction of sp³-hybridized carbons (Fsp3) is 0.976. The summed E-state index contributed by atoms with van der Waals surface area (Å²) in [6.45, 7) is 19.3. The average molecular weight is 686 g/mol. The van der Waals surface area contributed by atoms with Gasteiger partial charge in [-0.1, -0.05) is 34.6 Å². The highest BCUT2D eigenvalue weighted by Crippen LogP contribution is 2.89. The third-order valence-corrected chi connectivity index (χ3v) is 17.2. The molecular formula is C41H67NO7. The molecule has 0 aromatic heterocycles. The minimum atomic E-state index is -1.17. The predicted octanol–water partition coefficient (Wildman–Crippen LogP) is 6.35. The van der Waals surface area contributed by atoms with Gasteiger partial charge in [-0.15, -0.1) is 0 Å². The molecule has 5 saturated carbocycles. The van der Waals surface area contributed by atoms with Crippen LogP contribution in [0.2, 0.25) is 0 Å². The summed E-state index contributed by atoms with van der Waals surface area (Å²) in [6.07, 6.45) is 12.1. The molecule has 8 nitrogen and oxygen atoms in total. The Labute approximate surface area is 295 Å². The standard InChI is InChI=1S/C41H67NO7/c1-25-20-27(35(44)37(4,5)45)48-28-22-39(7)30-9-8-29-36(2,3)31(10-13-40(29)24-41(30,40)15-14-38(39,6)34(25)28)49-33-23-42(16-19-47-33)32(43)21-26-11-17-46-18-12-26/h25-31,33-35,44-45H,8-24H2,1-7H3/t25-,27?,28?,29?,30+,31+,33?,34?,35+,38-,39+,40-,41+/m1/s1. The number of aliphatic hydroxyl groups is 2. The number of carbonyl (C=O) groups excluding carboxylic acids is 1. The minimum absolute atomic E-state index is 0.0495.